The SMILES string of the molecule is [CH]=NOCCCCCCC. The second-order valence-corrected chi connectivity index (χ2v) is 2.35. The first-order valence-electron chi connectivity index (χ1n) is 3.94. The van der Waals surface area contributed by atoms with Crippen molar-refractivity contribution in [3.63, 3.8) is 0 Å². The summed E-state index contributed by atoms with van der Waals surface area (Å²) in [5.41, 5.74) is 0. The van der Waals surface area contributed by atoms with E-state index in [9.17, 15) is 0 Å². The molecule has 10 heavy (non-hydrogen) atoms. The Balaban J connectivity index is 2.70. The van der Waals surface area contributed by atoms with Gasteiger partial charge in [0.25, 0.3) is 0 Å². The maximum Gasteiger partial charge on any atom is 0.117 e. The summed E-state index contributed by atoms with van der Waals surface area (Å²) in [6, 6.07) is 0. The van der Waals surface area contributed by atoms with Crippen LogP contribution in [0.5, 0.6) is 0 Å². The van der Waals surface area contributed by atoms with Gasteiger partial charge in [-0.3, -0.25) is 0 Å². The zero-order valence-corrected chi connectivity index (χ0v) is 6.68. The summed E-state index contributed by atoms with van der Waals surface area (Å²) in [7, 11) is 0. The quantitative estimate of drug-likeness (QED) is 0.304. The lowest BCUT2D eigenvalue weighted by Crippen LogP contribution is -1.86. The van der Waals surface area contributed by atoms with Gasteiger partial charge in [-0.25, -0.2) is 0 Å². The highest BCUT2D eigenvalue weighted by molar-refractivity contribution is 5.21. The van der Waals surface area contributed by atoms with Crippen molar-refractivity contribution in [3.8, 4) is 0 Å². The van der Waals surface area contributed by atoms with Gasteiger partial charge in [0.1, 0.15) is 6.61 Å². The highest BCUT2D eigenvalue weighted by Crippen LogP contribution is 2.01. The first kappa shape index (κ1) is 9.47. The third-order valence-electron chi connectivity index (χ3n) is 1.41. The number of rotatable bonds is 7. The highest BCUT2D eigenvalue weighted by atomic mass is 16.6. The minimum Gasteiger partial charge on any atom is -0.396 e. The van der Waals surface area contributed by atoms with Crippen molar-refractivity contribution in [1.29, 1.82) is 0 Å². The summed E-state index contributed by atoms with van der Waals surface area (Å²) >= 11 is 0. The van der Waals surface area contributed by atoms with Crippen LogP contribution in [0.2, 0.25) is 0 Å². The molecule has 0 spiro atoms. The summed E-state index contributed by atoms with van der Waals surface area (Å²) in [6.07, 6.45) is 6.19. The predicted molar refractivity (Wildman–Crippen MR) is 43.2 cm³/mol. The van der Waals surface area contributed by atoms with Crippen LogP contribution in [0.4, 0.5) is 0 Å². The first-order valence-corrected chi connectivity index (χ1v) is 3.94. The molecule has 0 heterocycles. The normalized spacial score (nSPS) is 9.30. The molecule has 0 aliphatic heterocycles. The molecule has 2 nitrogen and oxygen atoms in total. The molecule has 0 aliphatic rings. The molecule has 0 bridgehead atoms. The maximum atomic E-state index is 4.77. The van der Waals surface area contributed by atoms with E-state index in [4.69, 9.17) is 6.72 Å². The molecule has 0 amide bonds. The second kappa shape index (κ2) is 8.47. The molecular weight excluding hydrogens is 126 g/mol. The van der Waals surface area contributed by atoms with Crippen LogP contribution in [0, 0.1) is 0 Å². The van der Waals surface area contributed by atoms with Crippen molar-refractivity contribution >= 4 is 6.72 Å². The lowest BCUT2D eigenvalue weighted by Gasteiger charge is -1.97. The maximum absolute atomic E-state index is 4.77. The minimum atomic E-state index is 0.667. The smallest absolute Gasteiger partial charge is 0.117 e. The van der Waals surface area contributed by atoms with Crippen molar-refractivity contribution in [2.24, 2.45) is 5.16 Å². The Morgan fingerprint density at radius 2 is 1.90 bits per heavy atom. The van der Waals surface area contributed by atoms with Gasteiger partial charge < -0.3 is 4.84 Å². The van der Waals surface area contributed by atoms with Crippen LogP contribution in [0.1, 0.15) is 39.0 Å². The summed E-state index contributed by atoms with van der Waals surface area (Å²) in [4.78, 5) is 4.62. The summed E-state index contributed by atoms with van der Waals surface area (Å²) in [6.45, 7) is 7.64. The molecule has 0 aliphatic carbocycles. The number of hydrogen-bond acceptors (Lipinski definition) is 2. The molecule has 0 unspecified atom stereocenters. The van der Waals surface area contributed by atoms with E-state index >= 15 is 0 Å². The Morgan fingerprint density at radius 3 is 2.50 bits per heavy atom. The molecule has 59 valence electrons. The summed E-state index contributed by atoms with van der Waals surface area (Å²) < 4.78 is 0. The molecule has 0 aromatic rings. The van der Waals surface area contributed by atoms with Gasteiger partial charge in [-0.2, -0.15) is 0 Å². The standard InChI is InChI=1S/C8H16NO/c1-3-4-5-6-7-8-10-9-2/h2H,3-8H2,1H3. The van der Waals surface area contributed by atoms with Gasteiger partial charge in [-0.1, -0.05) is 31.3 Å². The van der Waals surface area contributed by atoms with E-state index in [1.54, 1.807) is 0 Å². The molecule has 1 radical (unpaired) electrons. The van der Waals surface area contributed by atoms with Crippen LogP contribution in [0.25, 0.3) is 0 Å². The van der Waals surface area contributed by atoms with E-state index in [-0.39, 0.29) is 0 Å². The van der Waals surface area contributed by atoms with E-state index in [0.29, 0.717) is 6.61 Å². The third kappa shape index (κ3) is 7.47. The largest absolute Gasteiger partial charge is 0.396 e. The molecule has 0 saturated carbocycles. The van der Waals surface area contributed by atoms with Gasteiger partial charge in [-0.15, -0.1) is 0 Å². The van der Waals surface area contributed by atoms with Crippen LogP contribution in [-0.2, 0) is 4.84 Å². The van der Waals surface area contributed by atoms with Crippen LogP contribution < -0.4 is 0 Å². The molecule has 0 aromatic heterocycles. The Bertz CT molecular complexity index is 73.7. The van der Waals surface area contributed by atoms with Gasteiger partial charge >= 0.3 is 0 Å². The molecule has 0 saturated heterocycles. The monoisotopic (exact) mass is 142 g/mol. The zero-order valence-electron chi connectivity index (χ0n) is 6.68. The fourth-order valence-electron chi connectivity index (χ4n) is 0.823. The lowest BCUT2D eigenvalue weighted by molar-refractivity contribution is 0.142. The van der Waals surface area contributed by atoms with Crippen LogP contribution in [-0.4, -0.2) is 13.3 Å². The molecular formula is C8H16NO. The molecule has 0 aromatic carbocycles. The highest BCUT2D eigenvalue weighted by Gasteiger charge is 1.87. The Labute approximate surface area is 63.3 Å². The van der Waals surface area contributed by atoms with Crippen molar-refractivity contribution in [1.82, 2.24) is 0 Å². The average Bonchev–Trinajstić information content (AvgIpc) is 1.97. The second-order valence-electron chi connectivity index (χ2n) is 2.35. The Morgan fingerprint density at radius 1 is 1.20 bits per heavy atom. The summed E-state index contributed by atoms with van der Waals surface area (Å²) in [5, 5.41) is 3.05. The first-order chi connectivity index (χ1) is 4.91. The van der Waals surface area contributed by atoms with Gasteiger partial charge in [-0.05, 0) is 12.8 Å². The molecule has 0 fully saturated rings. The molecule has 2 heteroatoms. The van der Waals surface area contributed by atoms with Crippen molar-refractivity contribution in [3.05, 3.63) is 0 Å². The van der Waals surface area contributed by atoms with Gasteiger partial charge in [0.2, 0.25) is 0 Å². The predicted octanol–water partition coefficient (Wildman–Crippen LogP) is 2.47. The van der Waals surface area contributed by atoms with Crippen LogP contribution in [0.15, 0.2) is 5.16 Å². The fraction of sp³-hybridized carbons (Fsp3) is 0.875. The van der Waals surface area contributed by atoms with Crippen LogP contribution >= 0.6 is 0 Å². The fourth-order valence-corrected chi connectivity index (χ4v) is 0.823. The number of unbranched alkanes of at least 4 members (excludes halogenated alkanes) is 4. The van der Waals surface area contributed by atoms with E-state index in [2.05, 4.69) is 16.9 Å². The van der Waals surface area contributed by atoms with E-state index in [0.717, 1.165) is 6.42 Å². The zero-order chi connectivity index (χ0) is 7.66. The average molecular weight is 142 g/mol. The summed E-state index contributed by atoms with van der Waals surface area (Å²) in [5.74, 6) is 0. The van der Waals surface area contributed by atoms with Gasteiger partial charge in [0, 0.05) is 0 Å². The van der Waals surface area contributed by atoms with Crippen molar-refractivity contribution in [2.45, 2.75) is 39.0 Å². The molecule has 0 atom stereocenters. The van der Waals surface area contributed by atoms with Crippen molar-refractivity contribution in [2.75, 3.05) is 6.61 Å². The van der Waals surface area contributed by atoms with Gasteiger partial charge in [0.05, 0.1) is 6.72 Å². The van der Waals surface area contributed by atoms with E-state index < -0.39 is 0 Å². The Kier molecular flexibility index (Phi) is 8.02. The topological polar surface area (TPSA) is 21.6 Å². The molecule has 0 N–H and O–H groups in total. The van der Waals surface area contributed by atoms with Crippen molar-refractivity contribution < 1.29 is 4.84 Å². The van der Waals surface area contributed by atoms with Gasteiger partial charge in [0.15, 0.2) is 0 Å². The van der Waals surface area contributed by atoms with E-state index in [1.807, 2.05) is 0 Å². The van der Waals surface area contributed by atoms with Crippen LogP contribution in [0.3, 0.4) is 0 Å². The number of nitrogens with zero attached hydrogens (tertiary/aromatic N) is 1. The lowest BCUT2D eigenvalue weighted by atomic mass is 10.2. The number of hydrogen-bond donors (Lipinski definition) is 0. The molecule has 0 rings (SSSR count). The minimum absolute atomic E-state index is 0.667. The van der Waals surface area contributed by atoms with E-state index in [1.165, 1.54) is 25.7 Å². The Hall–Kier alpha value is -0.530. The third-order valence-corrected chi connectivity index (χ3v) is 1.41.